The van der Waals surface area contributed by atoms with E-state index in [1.807, 2.05) is 0 Å². The summed E-state index contributed by atoms with van der Waals surface area (Å²) in [5, 5.41) is 14.3. The standard InChI is InChI=1S/C20H27N5O3/c1-15-10-16(2)13-23(12-15)8-3-6-22-20(26)17-4-5-18(19(11-17)25(27)28)24-9-7-21-14-24/h4-5,7,9,11,14-16H,3,6,8,10,12-13H2,1-2H3,(H,22,26). The Morgan fingerprint density at radius 2 is 2.07 bits per heavy atom. The van der Waals surface area contributed by atoms with Crippen LogP contribution in [0.2, 0.25) is 0 Å². The molecule has 1 fully saturated rings. The first-order chi connectivity index (χ1) is 13.4. The number of hydrogen-bond donors (Lipinski definition) is 1. The molecule has 0 spiro atoms. The number of benzene rings is 1. The zero-order chi connectivity index (χ0) is 20.1. The minimum Gasteiger partial charge on any atom is -0.352 e. The summed E-state index contributed by atoms with van der Waals surface area (Å²) in [5.41, 5.74) is 0.546. The number of amides is 1. The molecule has 0 bridgehead atoms. The lowest BCUT2D eigenvalue weighted by atomic mass is 9.92. The van der Waals surface area contributed by atoms with Crippen LogP contribution in [0.1, 0.15) is 37.0 Å². The molecule has 0 saturated carbocycles. The van der Waals surface area contributed by atoms with E-state index in [0.717, 1.165) is 26.1 Å². The van der Waals surface area contributed by atoms with Crippen LogP contribution in [0.25, 0.3) is 5.69 Å². The number of nitrogens with one attached hydrogen (secondary N) is 1. The number of imidazole rings is 1. The van der Waals surface area contributed by atoms with Crippen molar-refractivity contribution in [3.8, 4) is 5.69 Å². The molecule has 1 aliphatic rings. The molecule has 0 radical (unpaired) electrons. The smallest absolute Gasteiger partial charge is 0.294 e. The highest BCUT2D eigenvalue weighted by Crippen LogP contribution is 2.24. The molecule has 1 aliphatic heterocycles. The third kappa shape index (κ3) is 4.95. The first kappa shape index (κ1) is 20.0. The van der Waals surface area contributed by atoms with Crippen LogP contribution in [0, 0.1) is 22.0 Å². The van der Waals surface area contributed by atoms with Gasteiger partial charge in [0, 0.05) is 43.7 Å². The van der Waals surface area contributed by atoms with E-state index in [2.05, 4.69) is 29.0 Å². The largest absolute Gasteiger partial charge is 0.352 e. The third-order valence-electron chi connectivity index (χ3n) is 5.10. The van der Waals surface area contributed by atoms with Gasteiger partial charge in [-0.1, -0.05) is 13.8 Å². The lowest BCUT2D eigenvalue weighted by molar-refractivity contribution is -0.384. The molecule has 1 aromatic heterocycles. The molecule has 3 rings (SSSR count). The van der Waals surface area contributed by atoms with Crippen LogP contribution < -0.4 is 5.32 Å². The van der Waals surface area contributed by atoms with Crippen molar-refractivity contribution in [2.24, 2.45) is 11.8 Å². The first-order valence-corrected chi connectivity index (χ1v) is 9.71. The Hall–Kier alpha value is -2.74. The minimum atomic E-state index is -0.481. The molecule has 1 aromatic carbocycles. The van der Waals surface area contributed by atoms with E-state index in [0.29, 0.717) is 24.1 Å². The Labute approximate surface area is 164 Å². The molecule has 150 valence electrons. The van der Waals surface area contributed by atoms with Crippen molar-refractivity contribution in [1.29, 1.82) is 0 Å². The molecule has 8 heteroatoms. The molecular weight excluding hydrogens is 358 g/mol. The van der Waals surface area contributed by atoms with Crippen molar-refractivity contribution in [1.82, 2.24) is 19.8 Å². The topological polar surface area (TPSA) is 93.3 Å². The summed E-state index contributed by atoms with van der Waals surface area (Å²) < 4.78 is 1.56. The minimum absolute atomic E-state index is 0.123. The predicted molar refractivity (Wildman–Crippen MR) is 107 cm³/mol. The fourth-order valence-corrected chi connectivity index (χ4v) is 4.01. The maximum Gasteiger partial charge on any atom is 0.294 e. The quantitative estimate of drug-likeness (QED) is 0.449. The Morgan fingerprint density at radius 1 is 1.32 bits per heavy atom. The van der Waals surface area contributed by atoms with Gasteiger partial charge in [-0.25, -0.2) is 4.98 Å². The summed E-state index contributed by atoms with van der Waals surface area (Å²) in [6.45, 7) is 8.29. The average molecular weight is 385 g/mol. The summed E-state index contributed by atoms with van der Waals surface area (Å²) >= 11 is 0. The van der Waals surface area contributed by atoms with E-state index < -0.39 is 4.92 Å². The molecule has 28 heavy (non-hydrogen) atoms. The summed E-state index contributed by atoms with van der Waals surface area (Å²) in [4.78, 5) is 29.7. The number of rotatable bonds is 7. The van der Waals surface area contributed by atoms with E-state index in [9.17, 15) is 14.9 Å². The van der Waals surface area contributed by atoms with E-state index in [1.54, 1.807) is 29.1 Å². The van der Waals surface area contributed by atoms with Crippen molar-refractivity contribution in [3.63, 3.8) is 0 Å². The second kappa shape index (κ2) is 8.97. The number of hydrogen-bond acceptors (Lipinski definition) is 5. The highest BCUT2D eigenvalue weighted by Gasteiger charge is 2.21. The Bertz CT molecular complexity index is 811. The van der Waals surface area contributed by atoms with Crippen molar-refractivity contribution in [3.05, 3.63) is 52.6 Å². The lowest BCUT2D eigenvalue weighted by Crippen LogP contribution is -2.40. The summed E-state index contributed by atoms with van der Waals surface area (Å²) in [6, 6.07) is 4.50. The number of carbonyl (C=O) groups is 1. The van der Waals surface area contributed by atoms with Gasteiger partial charge in [0.25, 0.3) is 11.6 Å². The summed E-state index contributed by atoms with van der Waals surface area (Å²) in [7, 11) is 0. The number of likely N-dealkylation sites (tertiary alicyclic amines) is 1. The maximum absolute atomic E-state index is 12.4. The van der Waals surface area contributed by atoms with Crippen molar-refractivity contribution in [2.75, 3.05) is 26.2 Å². The lowest BCUT2D eigenvalue weighted by Gasteiger charge is -2.34. The second-order valence-corrected chi connectivity index (χ2v) is 7.75. The van der Waals surface area contributed by atoms with Gasteiger partial charge in [-0.05, 0) is 43.4 Å². The molecule has 2 heterocycles. The zero-order valence-corrected chi connectivity index (χ0v) is 16.4. The van der Waals surface area contributed by atoms with Crippen molar-refractivity contribution >= 4 is 11.6 Å². The molecule has 1 amide bonds. The van der Waals surface area contributed by atoms with E-state index >= 15 is 0 Å². The van der Waals surface area contributed by atoms with Crippen molar-refractivity contribution in [2.45, 2.75) is 26.7 Å². The molecular formula is C20H27N5O3. The van der Waals surface area contributed by atoms with Gasteiger partial charge in [-0.2, -0.15) is 0 Å². The van der Waals surface area contributed by atoms with Gasteiger partial charge in [0.2, 0.25) is 0 Å². The number of nitro groups is 1. The number of nitrogens with zero attached hydrogens (tertiary/aromatic N) is 4. The summed E-state index contributed by atoms with van der Waals surface area (Å²) in [6.07, 6.45) is 6.81. The van der Waals surface area contributed by atoms with Crippen LogP contribution in [0.15, 0.2) is 36.9 Å². The van der Waals surface area contributed by atoms with E-state index in [1.165, 1.54) is 18.8 Å². The molecule has 1 N–H and O–H groups in total. The van der Waals surface area contributed by atoms with Crippen molar-refractivity contribution < 1.29 is 9.72 Å². The van der Waals surface area contributed by atoms with Gasteiger partial charge in [0.1, 0.15) is 5.69 Å². The summed E-state index contributed by atoms with van der Waals surface area (Å²) in [5.74, 6) is 1.14. The van der Waals surface area contributed by atoms with E-state index in [-0.39, 0.29) is 17.2 Å². The van der Waals surface area contributed by atoms with Gasteiger partial charge >= 0.3 is 0 Å². The predicted octanol–water partition coefficient (Wildman–Crippen LogP) is 2.88. The molecule has 2 aromatic rings. The van der Waals surface area contributed by atoms with Gasteiger partial charge in [0.05, 0.1) is 11.3 Å². The Kier molecular flexibility index (Phi) is 6.41. The van der Waals surface area contributed by atoms with Crippen LogP contribution in [0.5, 0.6) is 0 Å². The fourth-order valence-electron chi connectivity index (χ4n) is 4.01. The van der Waals surface area contributed by atoms with E-state index in [4.69, 9.17) is 0 Å². The van der Waals surface area contributed by atoms with Crippen LogP contribution in [-0.2, 0) is 0 Å². The molecule has 8 nitrogen and oxygen atoms in total. The number of aromatic nitrogens is 2. The Morgan fingerprint density at radius 3 is 2.71 bits per heavy atom. The van der Waals surface area contributed by atoms with Gasteiger partial charge in [-0.3, -0.25) is 14.9 Å². The normalized spacial score (nSPS) is 20.1. The fraction of sp³-hybridized carbons (Fsp3) is 0.500. The zero-order valence-electron chi connectivity index (χ0n) is 16.4. The number of piperidine rings is 1. The van der Waals surface area contributed by atoms with Crippen LogP contribution in [0.4, 0.5) is 5.69 Å². The van der Waals surface area contributed by atoms with Gasteiger partial charge in [-0.15, -0.1) is 0 Å². The SMILES string of the molecule is CC1CC(C)CN(CCCNC(=O)c2ccc(-n3ccnc3)c([N+](=O)[O-])c2)C1. The molecule has 2 unspecified atom stereocenters. The molecule has 0 aliphatic carbocycles. The van der Waals surface area contributed by atoms with Gasteiger partial charge < -0.3 is 14.8 Å². The second-order valence-electron chi connectivity index (χ2n) is 7.75. The van der Waals surface area contributed by atoms with Crippen LogP contribution in [-0.4, -0.2) is 51.5 Å². The number of nitro benzene ring substituents is 1. The highest BCUT2D eigenvalue weighted by atomic mass is 16.6. The number of carbonyl (C=O) groups excluding carboxylic acids is 1. The first-order valence-electron chi connectivity index (χ1n) is 9.71. The highest BCUT2D eigenvalue weighted by molar-refractivity contribution is 5.95. The molecule has 1 saturated heterocycles. The monoisotopic (exact) mass is 385 g/mol. The average Bonchev–Trinajstić information content (AvgIpc) is 3.18. The Balaban J connectivity index is 1.56. The van der Waals surface area contributed by atoms with Crippen LogP contribution >= 0.6 is 0 Å². The van der Waals surface area contributed by atoms with Crippen LogP contribution in [0.3, 0.4) is 0 Å². The maximum atomic E-state index is 12.4. The molecule has 2 atom stereocenters. The third-order valence-corrected chi connectivity index (χ3v) is 5.10. The van der Waals surface area contributed by atoms with Gasteiger partial charge in [0.15, 0.2) is 0 Å².